The molecule has 3 heteroatoms. The molecule has 3 nitrogen and oxygen atoms in total. The lowest BCUT2D eigenvalue weighted by atomic mass is 10.2. The van der Waals surface area contributed by atoms with E-state index in [1.54, 1.807) is 0 Å². The molecule has 0 aliphatic rings. The maximum Gasteiger partial charge on any atom is 0.146 e. The fourth-order valence-corrected chi connectivity index (χ4v) is 1.56. The highest BCUT2D eigenvalue weighted by molar-refractivity contribution is 5.84. The first-order chi connectivity index (χ1) is 8.20. The molecule has 0 radical (unpaired) electrons. The van der Waals surface area contributed by atoms with E-state index < -0.39 is 0 Å². The number of hydrogen-bond acceptors (Lipinski definition) is 3. The van der Waals surface area contributed by atoms with Crippen molar-refractivity contribution in [2.24, 2.45) is 0 Å². The van der Waals surface area contributed by atoms with Crippen molar-refractivity contribution in [3.05, 3.63) is 48.2 Å². The molecule has 0 saturated carbocycles. The van der Waals surface area contributed by atoms with Gasteiger partial charge in [0.2, 0.25) is 0 Å². The molecule has 0 aliphatic carbocycles. The smallest absolute Gasteiger partial charge is 0.146 e. The SMILES string of the molecule is C=C(CO)COc1cccc2ccc(C)nc12. The first kappa shape index (κ1) is 11.6. The van der Waals surface area contributed by atoms with Gasteiger partial charge < -0.3 is 9.84 Å². The second kappa shape index (κ2) is 4.97. The summed E-state index contributed by atoms with van der Waals surface area (Å²) in [7, 11) is 0. The van der Waals surface area contributed by atoms with Gasteiger partial charge in [0, 0.05) is 11.1 Å². The third kappa shape index (κ3) is 2.63. The molecular formula is C14H15NO2. The summed E-state index contributed by atoms with van der Waals surface area (Å²) in [6.45, 7) is 5.89. The van der Waals surface area contributed by atoms with E-state index in [0.29, 0.717) is 12.2 Å². The van der Waals surface area contributed by atoms with E-state index in [1.165, 1.54) is 0 Å². The number of para-hydroxylation sites is 1. The number of nitrogens with zero attached hydrogens (tertiary/aromatic N) is 1. The first-order valence-corrected chi connectivity index (χ1v) is 5.47. The lowest BCUT2D eigenvalue weighted by Crippen LogP contribution is -2.04. The lowest BCUT2D eigenvalue weighted by molar-refractivity contribution is 0.290. The maximum atomic E-state index is 8.88. The van der Waals surface area contributed by atoms with Crippen LogP contribution in [0.5, 0.6) is 5.75 Å². The summed E-state index contributed by atoms with van der Waals surface area (Å²) in [6.07, 6.45) is 0. The van der Waals surface area contributed by atoms with Crippen LogP contribution in [0.1, 0.15) is 5.69 Å². The van der Waals surface area contributed by atoms with Crippen LogP contribution in [0.25, 0.3) is 10.9 Å². The van der Waals surface area contributed by atoms with Gasteiger partial charge in [0.05, 0.1) is 6.61 Å². The maximum absolute atomic E-state index is 8.88. The number of aromatic nitrogens is 1. The zero-order valence-electron chi connectivity index (χ0n) is 9.81. The van der Waals surface area contributed by atoms with Crippen molar-refractivity contribution in [1.29, 1.82) is 0 Å². The molecule has 0 fully saturated rings. The Hall–Kier alpha value is -1.87. The molecule has 2 aromatic rings. The number of rotatable bonds is 4. The predicted molar refractivity (Wildman–Crippen MR) is 68.2 cm³/mol. The van der Waals surface area contributed by atoms with Crippen molar-refractivity contribution >= 4 is 10.9 Å². The highest BCUT2D eigenvalue weighted by Gasteiger charge is 2.04. The molecule has 0 spiro atoms. The van der Waals surface area contributed by atoms with Crippen LogP contribution in [0.2, 0.25) is 0 Å². The summed E-state index contributed by atoms with van der Waals surface area (Å²) in [5.41, 5.74) is 2.45. The minimum Gasteiger partial charge on any atom is -0.487 e. The van der Waals surface area contributed by atoms with Crippen LogP contribution in [0.15, 0.2) is 42.5 Å². The Bertz CT molecular complexity index is 549. The predicted octanol–water partition coefficient (Wildman–Crippen LogP) is 2.47. The number of ether oxygens (including phenoxy) is 1. The van der Waals surface area contributed by atoms with Gasteiger partial charge in [0.15, 0.2) is 0 Å². The van der Waals surface area contributed by atoms with E-state index in [-0.39, 0.29) is 6.61 Å². The molecule has 0 saturated heterocycles. The minimum atomic E-state index is -0.0583. The number of aliphatic hydroxyl groups is 1. The molecule has 0 unspecified atom stereocenters. The molecule has 1 aromatic heterocycles. The number of aryl methyl sites for hydroxylation is 1. The summed E-state index contributed by atoms with van der Waals surface area (Å²) in [4.78, 5) is 4.46. The Morgan fingerprint density at radius 3 is 2.94 bits per heavy atom. The summed E-state index contributed by atoms with van der Waals surface area (Å²) < 4.78 is 5.60. The Labute approximate surface area is 100 Å². The molecule has 0 aliphatic heterocycles. The average molecular weight is 229 g/mol. The van der Waals surface area contributed by atoms with E-state index >= 15 is 0 Å². The average Bonchev–Trinajstić information content (AvgIpc) is 2.35. The molecular weight excluding hydrogens is 214 g/mol. The van der Waals surface area contributed by atoms with Gasteiger partial charge in [-0.25, -0.2) is 4.98 Å². The van der Waals surface area contributed by atoms with Crippen LogP contribution >= 0.6 is 0 Å². The normalized spacial score (nSPS) is 10.5. The molecule has 88 valence electrons. The largest absolute Gasteiger partial charge is 0.487 e. The van der Waals surface area contributed by atoms with Gasteiger partial charge in [-0.15, -0.1) is 0 Å². The van der Waals surface area contributed by atoms with E-state index in [0.717, 1.165) is 22.3 Å². The monoisotopic (exact) mass is 229 g/mol. The summed E-state index contributed by atoms with van der Waals surface area (Å²) in [5.74, 6) is 0.723. The van der Waals surface area contributed by atoms with Gasteiger partial charge >= 0.3 is 0 Å². The Kier molecular flexibility index (Phi) is 3.40. The number of benzene rings is 1. The Morgan fingerprint density at radius 1 is 1.35 bits per heavy atom. The van der Waals surface area contributed by atoms with Crippen molar-refractivity contribution in [1.82, 2.24) is 4.98 Å². The third-order valence-electron chi connectivity index (χ3n) is 2.48. The molecule has 1 aromatic carbocycles. The van der Waals surface area contributed by atoms with Crippen molar-refractivity contribution in [3.8, 4) is 5.75 Å². The highest BCUT2D eigenvalue weighted by atomic mass is 16.5. The van der Waals surface area contributed by atoms with Gasteiger partial charge in [-0.2, -0.15) is 0 Å². The van der Waals surface area contributed by atoms with Gasteiger partial charge in [-0.3, -0.25) is 0 Å². The zero-order valence-corrected chi connectivity index (χ0v) is 9.81. The molecule has 1 N–H and O–H groups in total. The lowest BCUT2D eigenvalue weighted by Gasteiger charge is -2.09. The van der Waals surface area contributed by atoms with Gasteiger partial charge in [-0.05, 0) is 24.6 Å². The minimum absolute atomic E-state index is 0.0583. The fraction of sp³-hybridized carbons (Fsp3) is 0.214. The van der Waals surface area contributed by atoms with E-state index in [9.17, 15) is 0 Å². The standard InChI is InChI=1S/C14H15NO2/c1-10(8-16)9-17-13-5-3-4-12-7-6-11(2)15-14(12)13/h3-7,16H,1,8-9H2,2H3. The van der Waals surface area contributed by atoms with E-state index in [2.05, 4.69) is 11.6 Å². The van der Waals surface area contributed by atoms with Gasteiger partial charge in [0.1, 0.15) is 17.9 Å². The van der Waals surface area contributed by atoms with Crippen LogP contribution in [0.3, 0.4) is 0 Å². The van der Waals surface area contributed by atoms with Crippen LogP contribution in [0.4, 0.5) is 0 Å². The summed E-state index contributed by atoms with van der Waals surface area (Å²) >= 11 is 0. The Morgan fingerprint density at radius 2 is 2.18 bits per heavy atom. The second-order valence-electron chi connectivity index (χ2n) is 3.98. The number of aliphatic hydroxyl groups excluding tert-OH is 1. The van der Waals surface area contributed by atoms with Crippen LogP contribution in [-0.4, -0.2) is 23.3 Å². The zero-order chi connectivity index (χ0) is 12.3. The molecule has 0 amide bonds. The fourth-order valence-electron chi connectivity index (χ4n) is 1.56. The van der Waals surface area contributed by atoms with E-state index in [1.807, 2.05) is 37.3 Å². The second-order valence-corrected chi connectivity index (χ2v) is 3.98. The number of pyridine rings is 1. The summed E-state index contributed by atoms with van der Waals surface area (Å²) in [6, 6.07) is 9.79. The van der Waals surface area contributed by atoms with Crippen molar-refractivity contribution in [2.45, 2.75) is 6.92 Å². The van der Waals surface area contributed by atoms with Gasteiger partial charge in [0.25, 0.3) is 0 Å². The highest BCUT2D eigenvalue weighted by Crippen LogP contribution is 2.24. The van der Waals surface area contributed by atoms with Crippen LogP contribution in [-0.2, 0) is 0 Å². The van der Waals surface area contributed by atoms with Gasteiger partial charge in [-0.1, -0.05) is 24.8 Å². The Balaban J connectivity index is 2.33. The topological polar surface area (TPSA) is 42.4 Å². The molecule has 2 rings (SSSR count). The first-order valence-electron chi connectivity index (χ1n) is 5.47. The number of hydrogen-bond donors (Lipinski definition) is 1. The van der Waals surface area contributed by atoms with Crippen LogP contribution < -0.4 is 4.74 Å². The van der Waals surface area contributed by atoms with Crippen molar-refractivity contribution in [3.63, 3.8) is 0 Å². The molecule has 1 heterocycles. The molecule has 0 atom stereocenters. The third-order valence-corrected chi connectivity index (χ3v) is 2.48. The molecule has 0 bridgehead atoms. The molecule has 17 heavy (non-hydrogen) atoms. The van der Waals surface area contributed by atoms with E-state index in [4.69, 9.17) is 9.84 Å². The van der Waals surface area contributed by atoms with Crippen molar-refractivity contribution in [2.75, 3.05) is 13.2 Å². The van der Waals surface area contributed by atoms with Crippen molar-refractivity contribution < 1.29 is 9.84 Å². The summed E-state index contributed by atoms with van der Waals surface area (Å²) in [5, 5.41) is 9.92. The van der Waals surface area contributed by atoms with Crippen LogP contribution in [0, 0.1) is 6.92 Å². The quantitative estimate of drug-likeness (QED) is 0.819. The number of fused-ring (bicyclic) bond motifs is 1.